The van der Waals surface area contributed by atoms with Gasteiger partial charge in [-0.3, -0.25) is 0 Å². The van der Waals surface area contributed by atoms with Crippen LogP contribution in [-0.2, 0) is 17.4 Å². The Morgan fingerprint density at radius 2 is 1.48 bits per heavy atom. The topological polar surface area (TPSA) is 46.5 Å². The van der Waals surface area contributed by atoms with Crippen LogP contribution in [0.1, 0.15) is 89.2 Å². The minimum Gasteiger partial charge on any atom is -0.413 e. The van der Waals surface area contributed by atoms with Crippen molar-refractivity contribution in [3.05, 3.63) is 29.3 Å². The third-order valence-electron chi connectivity index (χ3n) is 4.52. The van der Waals surface area contributed by atoms with Crippen LogP contribution in [0.4, 0.5) is 0 Å². The Hall–Kier alpha value is -0.500. The van der Waals surface area contributed by atoms with Crippen molar-refractivity contribution in [2.24, 2.45) is 0 Å². The van der Waals surface area contributed by atoms with E-state index in [1.165, 1.54) is 56.9 Å². The largest absolute Gasteiger partial charge is 0.474 e. The summed E-state index contributed by atoms with van der Waals surface area (Å²) in [4.78, 5) is 9.40. The summed E-state index contributed by atoms with van der Waals surface area (Å²) in [7, 11) is 0. The molecule has 1 unspecified atom stereocenters. The fraction of sp³-hybridized carbons (Fsp3) is 0.700. The Morgan fingerprint density at radius 3 is 2.04 bits per heavy atom. The first-order valence-electron chi connectivity index (χ1n) is 9.80. The second-order valence-electron chi connectivity index (χ2n) is 6.76. The number of hydrogen-bond donors (Lipinski definition) is 1. The van der Waals surface area contributed by atoms with Gasteiger partial charge in [0.25, 0.3) is 0 Å². The summed E-state index contributed by atoms with van der Waals surface area (Å²) in [5, 5.41) is 0. The molecular weight excluding hydrogens is 355 g/mol. The zero-order valence-corrected chi connectivity index (χ0v) is 17.5. The van der Waals surface area contributed by atoms with E-state index in [0.717, 1.165) is 31.2 Å². The molecule has 0 saturated carbocycles. The normalized spacial score (nSPS) is 13.6. The number of aryl methyl sites for hydroxylation is 1. The maximum atomic E-state index is 11.5. The Morgan fingerprint density at radius 1 is 0.920 bits per heavy atom. The second kappa shape index (κ2) is 12.8. The molecule has 0 amide bonds. The fourth-order valence-corrected chi connectivity index (χ4v) is 3.80. The third-order valence-corrected chi connectivity index (χ3v) is 5.15. The van der Waals surface area contributed by atoms with E-state index in [9.17, 15) is 9.46 Å². The Balaban J connectivity index is 2.74. The van der Waals surface area contributed by atoms with Gasteiger partial charge in [-0.15, -0.1) is 0 Å². The third kappa shape index (κ3) is 10.3. The van der Waals surface area contributed by atoms with Crippen LogP contribution in [0, 0.1) is 0 Å². The molecule has 144 valence electrons. The van der Waals surface area contributed by atoms with E-state index in [4.69, 9.17) is 15.8 Å². The average Bonchev–Trinajstić information content (AvgIpc) is 2.55. The van der Waals surface area contributed by atoms with E-state index in [2.05, 4.69) is 19.9 Å². The Labute approximate surface area is 158 Å². The van der Waals surface area contributed by atoms with Crippen molar-refractivity contribution in [1.29, 1.82) is 0 Å². The standard InChI is InChI=1S/C20H34ClO3P/c1-3-5-7-9-11-14-18-15-13-17-20(24-25(21,22)23)19(18)16-12-10-8-6-4-2/h13,15,17H,3-12,14,16H2,1-2H3,(H,22,23). The van der Waals surface area contributed by atoms with Crippen molar-refractivity contribution < 1.29 is 14.0 Å². The minimum absolute atomic E-state index is 0.474. The highest BCUT2D eigenvalue weighted by molar-refractivity contribution is 7.80. The highest BCUT2D eigenvalue weighted by Crippen LogP contribution is 2.49. The fourth-order valence-electron chi connectivity index (χ4n) is 3.16. The Bertz CT molecular complexity index is 528. The van der Waals surface area contributed by atoms with Crippen LogP contribution in [0.5, 0.6) is 5.75 Å². The molecule has 0 aromatic heterocycles. The van der Waals surface area contributed by atoms with Crippen molar-refractivity contribution >= 4 is 18.2 Å². The zero-order valence-electron chi connectivity index (χ0n) is 15.8. The number of halogens is 1. The molecule has 1 N–H and O–H groups in total. The van der Waals surface area contributed by atoms with Crippen molar-refractivity contribution in [3.63, 3.8) is 0 Å². The summed E-state index contributed by atoms with van der Waals surface area (Å²) in [6.07, 6.45) is 14.0. The first kappa shape index (κ1) is 22.5. The zero-order chi connectivity index (χ0) is 18.5. The molecule has 0 aliphatic carbocycles. The van der Waals surface area contributed by atoms with E-state index < -0.39 is 6.95 Å². The van der Waals surface area contributed by atoms with Gasteiger partial charge in [-0.25, -0.2) is 4.57 Å². The lowest BCUT2D eigenvalue weighted by Gasteiger charge is -2.16. The lowest BCUT2D eigenvalue weighted by Crippen LogP contribution is -2.00. The second-order valence-corrected chi connectivity index (χ2v) is 9.13. The Kier molecular flexibility index (Phi) is 11.5. The van der Waals surface area contributed by atoms with Crippen LogP contribution in [0.25, 0.3) is 0 Å². The molecule has 1 rings (SSSR count). The van der Waals surface area contributed by atoms with Gasteiger partial charge in [0.1, 0.15) is 5.75 Å². The molecule has 1 aromatic rings. The predicted octanol–water partition coefficient (Wildman–Crippen LogP) is 7.43. The SMILES string of the molecule is CCCCCCCc1cccc(OP(=O)(O)Cl)c1CCCCCCC. The maximum Gasteiger partial charge on any atom is 0.474 e. The van der Waals surface area contributed by atoms with Gasteiger partial charge < -0.3 is 9.42 Å². The van der Waals surface area contributed by atoms with Crippen LogP contribution in [0.15, 0.2) is 18.2 Å². The average molecular weight is 389 g/mol. The van der Waals surface area contributed by atoms with E-state index in [1.54, 1.807) is 6.07 Å². The van der Waals surface area contributed by atoms with E-state index in [-0.39, 0.29) is 0 Å². The molecule has 25 heavy (non-hydrogen) atoms. The van der Waals surface area contributed by atoms with Crippen molar-refractivity contribution in [2.45, 2.75) is 90.9 Å². The van der Waals surface area contributed by atoms with Crippen LogP contribution in [0.3, 0.4) is 0 Å². The van der Waals surface area contributed by atoms with Gasteiger partial charge in [-0.2, -0.15) is 0 Å². The molecule has 1 atom stereocenters. The van der Waals surface area contributed by atoms with Gasteiger partial charge in [-0.05, 0) is 42.9 Å². The first-order chi connectivity index (χ1) is 12.0. The lowest BCUT2D eigenvalue weighted by atomic mass is 9.95. The molecule has 0 spiro atoms. The number of hydrogen-bond acceptors (Lipinski definition) is 2. The van der Waals surface area contributed by atoms with Gasteiger partial charge in [0, 0.05) is 11.2 Å². The number of benzene rings is 1. The molecule has 0 fully saturated rings. The highest BCUT2D eigenvalue weighted by Gasteiger charge is 2.19. The summed E-state index contributed by atoms with van der Waals surface area (Å²) in [6.45, 7) is 0.374. The molecule has 0 radical (unpaired) electrons. The van der Waals surface area contributed by atoms with E-state index >= 15 is 0 Å². The molecule has 0 aliphatic heterocycles. The summed E-state index contributed by atoms with van der Waals surface area (Å²) in [6, 6.07) is 5.77. The predicted molar refractivity (Wildman–Crippen MR) is 108 cm³/mol. The van der Waals surface area contributed by atoms with Gasteiger partial charge in [-0.1, -0.05) is 77.3 Å². The lowest BCUT2D eigenvalue weighted by molar-refractivity contribution is 0.398. The van der Waals surface area contributed by atoms with Crippen molar-refractivity contribution in [2.75, 3.05) is 0 Å². The highest BCUT2D eigenvalue weighted by atomic mass is 35.7. The van der Waals surface area contributed by atoms with Gasteiger partial charge in [0.15, 0.2) is 0 Å². The molecule has 0 aliphatic rings. The first-order valence-corrected chi connectivity index (χ1v) is 12.3. The summed E-state index contributed by atoms with van der Waals surface area (Å²) in [5.74, 6) is 0.474. The molecule has 1 aromatic carbocycles. The van der Waals surface area contributed by atoms with Crippen LogP contribution in [0.2, 0.25) is 0 Å². The van der Waals surface area contributed by atoms with Crippen LogP contribution in [-0.4, -0.2) is 4.89 Å². The summed E-state index contributed by atoms with van der Waals surface area (Å²) >= 11 is 5.45. The van der Waals surface area contributed by atoms with E-state index in [0.29, 0.717) is 5.75 Å². The van der Waals surface area contributed by atoms with Gasteiger partial charge >= 0.3 is 6.95 Å². The monoisotopic (exact) mass is 388 g/mol. The van der Waals surface area contributed by atoms with Crippen molar-refractivity contribution in [1.82, 2.24) is 0 Å². The summed E-state index contributed by atoms with van der Waals surface area (Å²) in [5.41, 5.74) is 2.29. The number of rotatable bonds is 14. The van der Waals surface area contributed by atoms with Gasteiger partial charge in [0.05, 0.1) is 0 Å². The number of unbranched alkanes of at least 4 members (excludes halogenated alkanes) is 8. The smallest absolute Gasteiger partial charge is 0.413 e. The molecular formula is C20H34ClO3P. The molecule has 0 heterocycles. The van der Waals surface area contributed by atoms with Crippen LogP contribution >= 0.6 is 18.2 Å². The summed E-state index contributed by atoms with van der Waals surface area (Å²) < 4.78 is 16.7. The van der Waals surface area contributed by atoms with Gasteiger partial charge in [0.2, 0.25) is 0 Å². The quantitative estimate of drug-likeness (QED) is 0.266. The molecule has 0 bridgehead atoms. The van der Waals surface area contributed by atoms with Crippen molar-refractivity contribution in [3.8, 4) is 5.75 Å². The maximum absolute atomic E-state index is 11.5. The minimum atomic E-state index is -4.05. The molecule has 0 saturated heterocycles. The molecule has 5 heteroatoms. The van der Waals surface area contributed by atoms with E-state index in [1.807, 2.05) is 6.07 Å². The molecule has 3 nitrogen and oxygen atoms in total. The van der Waals surface area contributed by atoms with Crippen LogP contribution < -0.4 is 4.52 Å².